The number of rotatable bonds is 9. The van der Waals surface area contributed by atoms with E-state index in [2.05, 4.69) is 34.6 Å². The first-order chi connectivity index (χ1) is 18.9. The molecule has 3 amide bonds. The molecule has 2 aromatic carbocycles. The van der Waals surface area contributed by atoms with Crippen LogP contribution in [-0.2, 0) is 45.1 Å². The smallest absolute Gasteiger partial charge is 0.229 e. The van der Waals surface area contributed by atoms with Crippen molar-refractivity contribution in [2.75, 3.05) is 26.3 Å². The first kappa shape index (κ1) is 27.2. The van der Waals surface area contributed by atoms with Crippen LogP contribution in [0.15, 0.2) is 36.4 Å². The summed E-state index contributed by atoms with van der Waals surface area (Å²) in [6.07, 6.45) is 3.14. The average molecular weight is 532 g/mol. The normalized spacial score (nSPS) is 21.5. The Balaban J connectivity index is 1.12. The van der Waals surface area contributed by atoms with Gasteiger partial charge in [0, 0.05) is 50.0 Å². The highest BCUT2D eigenvalue weighted by Crippen LogP contribution is 2.32. The van der Waals surface area contributed by atoms with Crippen LogP contribution >= 0.6 is 0 Å². The van der Waals surface area contributed by atoms with Gasteiger partial charge in [0.1, 0.15) is 0 Å². The average Bonchev–Trinajstić information content (AvgIpc) is 3.24. The topological polar surface area (TPSA) is 105 Å². The number of amides is 3. The zero-order valence-electron chi connectivity index (χ0n) is 22.6. The van der Waals surface area contributed by atoms with Gasteiger partial charge in [-0.2, -0.15) is 0 Å². The molecule has 2 aromatic rings. The first-order valence-electron chi connectivity index (χ1n) is 14.0. The zero-order chi connectivity index (χ0) is 27.4. The van der Waals surface area contributed by atoms with Crippen LogP contribution in [0.3, 0.4) is 0 Å². The van der Waals surface area contributed by atoms with Crippen molar-refractivity contribution in [1.82, 2.24) is 15.5 Å². The largest absolute Gasteiger partial charge is 0.379 e. The lowest BCUT2D eigenvalue weighted by Crippen LogP contribution is -2.40. The van der Waals surface area contributed by atoms with E-state index in [0.717, 1.165) is 55.1 Å². The van der Waals surface area contributed by atoms with Crippen LogP contribution in [-0.4, -0.2) is 54.7 Å². The van der Waals surface area contributed by atoms with Crippen molar-refractivity contribution in [1.29, 1.82) is 0 Å². The Kier molecular flexibility index (Phi) is 8.53. The number of nitrogens with zero attached hydrogens (tertiary/aromatic N) is 1. The number of aryl methyl sites for hydroxylation is 1. The number of ether oxygens (including phenoxy) is 1. The fraction of sp³-hybridized carbons (Fsp3) is 0.484. The molecule has 2 aliphatic heterocycles. The minimum absolute atomic E-state index is 0.0325. The van der Waals surface area contributed by atoms with E-state index in [1.807, 2.05) is 24.3 Å². The van der Waals surface area contributed by atoms with Crippen LogP contribution in [0.2, 0.25) is 0 Å². The molecule has 0 bridgehead atoms. The number of benzene rings is 2. The van der Waals surface area contributed by atoms with Gasteiger partial charge in [0.2, 0.25) is 17.7 Å². The number of hydrogen-bond donors (Lipinski definition) is 2. The van der Waals surface area contributed by atoms with E-state index in [4.69, 9.17) is 4.74 Å². The third-order valence-corrected chi connectivity index (χ3v) is 8.25. The van der Waals surface area contributed by atoms with Gasteiger partial charge in [-0.3, -0.25) is 29.4 Å². The molecule has 2 fully saturated rings. The van der Waals surface area contributed by atoms with E-state index in [9.17, 15) is 19.2 Å². The van der Waals surface area contributed by atoms with E-state index in [1.54, 1.807) is 0 Å². The summed E-state index contributed by atoms with van der Waals surface area (Å²) in [4.78, 5) is 51.5. The maximum Gasteiger partial charge on any atom is 0.229 e. The van der Waals surface area contributed by atoms with Gasteiger partial charge in [-0.25, -0.2) is 0 Å². The molecule has 0 spiro atoms. The molecule has 5 rings (SSSR count). The van der Waals surface area contributed by atoms with Crippen molar-refractivity contribution in [2.24, 2.45) is 11.8 Å². The lowest BCUT2D eigenvalue weighted by atomic mass is 9.88. The Morgan fingerprint density at radius 2 is 1.79 bits per heavy atom. The second-order valence-corrected chi connectivity index (χ2v) is 11.1. The highest BCUT2D eigenvalue weighted by molar-refractivity contribution is 6.02. The Hall–Kier alpha value is -3.36. The molecule has 2 unspecified atom stereocenters. The van der Waals surface area contributed by atoms with Gasteiger partial charge in [0.05, 0.1) is 19.6 Å². The van der Waals surface area contributed by atoms with Crippen molar-refractivity contribution in [3.05, 3.63) is 69.8 Å². The van der Waals surface area contributed by atoms with Crippen molar-refractivity contribution < 1.29 is 23.9 Å². The lowest BCUT2D eigenvalue weighted by Gasteiger charge is -2.27. The molecular weight excluding hydrogens is 494 g/mol. The lowest BCUT2D eigenvalue weighted by molar-refractivity contribution is -0.136. The van der Waals surface area contributed by atoms with Crippen LogP contribution in [0.1, 0.15) is 63.9 Å². The quantitative estimate of drug-likeness (QED) is 0.482. The number of piperidine rings is 1. The van der Waals surface area contributed by atoms with Gasteiger partial charge in [0.25, 0.3) is 0 Å². The number of carbonyl (C=O) groups is 4. The van der Waals surface area contributed by atoms with Crippen LogP contribution < -0.4 is 10.6 Å². The van der Waals surface area contributed by atoms with Crippen LogP contribution in [0, 0.1) is 18.8 Å². The number of morpholine rings is 1. The summed E-state index contributed by atoms with van der Waals surface area (Å²) >= 11 is 0. The number of nitrogens with one attached hydrogen (secondary N) is 2. The predicted molar refractivity (Wildman–Crippen MR) is 146 cm³/mol. The molecule has 2 N–H and O–H groups in total. The highest BCUT2D eigenvalue weighted by atomic mass is 16.5. The fourth-order valence-electron chi connectivity index (χ4n) is 5.85. The minimum atomic E-state index is -0.216. The molecule has 3 aliphatic rings. The Bertz CT molecular complexity index is 1270. The summed E-state index contributed by atoms with van der Waals surface area (Å²) in [5.74, 6) is -0.675. The van der Waals surface area contributed by atoms with Crippen LogP contribution in [0.25, 0.3) is 0 Å². The number of ketones is 1. The number of hydrogen-bond acceptors (Lipinski definition) is 6. The molecule has 1 aliphatic carbocycles. The van der Waals surface area contributed by atoms with Crippen molar-refractivity contribution >= 4 is 23.5 Å². The molecule has 39 heavy (non-hydrogen) atoms. The van der Waals surface area contributed by atoms with Gasteiger partial charge in [0.15, 0.2) is 5.78 Å². The second-order valence-electron chi connectivity index (χ2n) is 11.1. The molecule has 206 valence electrons. The Labute approximate surface area is 229 Å². The summed E-state index contributed by atoms with van der Waals surface area (Å²) in [5.41, 5.74) is 6.20. The van der Waals surface area contributed by atoms with Crippen molar-refractivity contribution in [3.8, 4) is 0 Å². The van der Waals surface area contributed by atoms with E-state index in [-0.39, 0.29) is 35.3 Å². The SMILES string of the molecule is Cc1ccc(CC(=O)NCc2ccc3c(c2)CC(CCC2CCC(=O)NC2=O)C3=O)cc1CN1CCOCC1. The van der Waals surface area contributed by atoms with Crippen LogP contribution in [0.4, 0.5) is 0 Å². The monoisotopic (exact) mass is 531 g/mol. The Morgan fingerprint density at radius 1 is 1.03 bits per heavy atom. The van der Waals surface area contributed by atoms with Crippen LogP contribution in [0.5, 0.6) is 0 Å². The number of Topliss-reactive ketones (excluding diaryl/α,β-unsaturated/α-hetero) is 1. The third kappa shape index (κ3) is 6.81. The maximum absolute atomic E-state index is 12.9. The molecule has 2 atom stereocenters. The van der Waals surface area contributed by atoms with E-state index in [1.165, 1.54) is 11.1 Å². The molecule has 0 saturated carbocycles. The number of fused-ring (bicyclic) bond motifs is 1. The summed E-state index contributed by atoms with van der Waals surface area (Å²) in [6, 6.07) is 12.0. The van der Waals surface area contributed by atoms with Gasteiger partial charge in [-0.1, -0.05) is 36.4 Å². The predicted octanol–water partition coefficient (Wildman–Crippen LogP) is 2.87. The van der Waals surface area contributed by atoms with Gasteiger partial charge in [-0.15, -0.1) is 0 Å². The van der Waals surface area contributed by atoms with Gasteiger partial charge in [-0.05, 0) is 60.4 Å². The zero-order valence-corrected chi connectivity index (χ0v) is 22.6. The summed E-state index contributed by atoms with van der Waals surface area (Å²) in [6.45, 7) is 6.77. The van der Waals surface area contributed by atoms with E-state index < -0.39 is 0 Å². The molecule has 2 saturated heterocycles. The van der Waals surface area contributed by atoms with Crippen molar-refractivity contribution in [2.45, 2.75) is 58.5 Å². The molecule has 0 aromatic heterocycles. The summed E-state index contributed by atoms with van der Waals surface area (Å²) in [5, 5.41) is 5.43. The van der Waals surface area contributed by atoms with Gasteiger partial charge >= 0.3 is 0 Å². The van der Waals surface area contributed by atoms with E-state index in [0.29, 0.717) is 45.1 Å². The standard InChI is InChI=1S/C31H37N3O5/c1-20-2-3-21(14-26(20)19-34-10-12-39-13-11-34)16-29(36)32-18-22-4-8-27-25(15-22)17-24(30(27)37)6-5-23-7-9-28(35)33-31(23)38/h2-4,8,14-15,23-24H,5-7,9-13,16-19H2,1H3,(H,32,36)(H,33,35,38). The maximum atomic E-state index is 12.9. The van der Waals surface area contributed by atoms with Crippen molar-refractivity contribution in [3.63, 3.8) is 0 Å². The van der Waals surface area contributed by atoms with E-state index >= 15 is 0 Å². The third-order valence-electron chi connectivity index (χ3n) is 8.25. The first-order valence-corrected chi connectivity index (χ1v) is 14.0. The fourth-order valence-corrected chi connectivity index (χ4v) is 5.85. The number of carbonyl (C=O) groups excluding carboxylic acids is 4. The molecular formula is C31H37N3O5. The molecule has 8 nitrogen and oxygen atoms in total. The second kappa shape index (κ2) is 12.2. The molecule has 2 heterocycles. The minimum Gasteiger partial charge on any atom is -0.379 e. The summed E-state index contributed by atoms with van der Waals surface area (Å²) in [7, 11) is 0. The number of imide groups is 1. The van der Waals surface area contributed by atoms with Gasteiger partial charge < -0.3 is 10.1 Å². The molecule has 8 heteroatoms. The molecule has 0 radical (unpaired) electrons. The summed E-state index contributed by atoms with van der Waals surface area (Å²) < 4.78 is 5.45. The highest BCUT2D eigenvalue weighted by Gasteiger charge is 2.33. The Morgan fingerprint density at radius 3 is 2.59 bits per heavy atom.